The Kier molecular flexibility index (Phi) is 8.60. The minimum absolute atomic E-state index is 0. The van der Waals surface area contributed by atoms with E-state index in [2.05, 4.69) is 15.6 Å². The minimum Gasteiger partial charge on any atom is -0.378 e. The molecule has 25 heavy (non-hydrogen) atoms. The summed E-state index contributed by atoms with van der Waals surface area (Å²) < 4.78 is 26.8. The second kappa shape index (κ2) is 10.2. The molecule has 0 fully saturated rings. The number of nitrogens with one attached hydrogen (secondary N) is 2. The van der Waals surface area contributed by atoms with Crippen molar-refractivity contribution in [3.05, 3.63) is 65.2 Å². The van der Waals surface area contributed by atoms with Crippen molar-refractivity contribution in [3.63, 3.8) is 0 Å². The Morgan fingerprint density at radius 3 is 2.24 bits per heavy atom. The molecular formula is C18H23F2IN4. The quantitative estimate of drug-likeness (QED) is 0.408. The molecule has 0 aliphatic heterocycles. The summed E-state index contributed by atoms with van der Waals surface area (Å²) in [5.74, 6) is -0.383. The van der Waals surface area contributed by atoms with Gasteiger partial charge in [0.2, 0.25) is 0 Å². The zero-order valence-corrected chi connectivity index (χ0v) is 16.8. The highest BCUT2D eigenvalue weighted by atomic mass is 127. The van der Waals surface area contributed by atoms with Gasteiger partial charge >= 0.3 is 0 Å². The van der Waals surface area contributed by atoms with Gasteiger partial charge in [0.05, 0.1) is 0 Å². The highest BCUT2D eigenvalue weighted by Crippen LogP contribution is 2.12. The monoisotopic (exact) mass is 460 g/mol. The third kappa shape index (κ3) is 6.49. The molecule has 2 rings (SSSR count). The number of hydrogen-bond donors (Lipinski definition) is 2. The number of nitrogens with zero attached hydrogens (tertiary/aromatic N) is 2. The van der Waals surface area contributed by atoms with Crippen LogP contribution in [0.4, 0.5) is 14.5 Å². The predicted octanol–water partition coefficient (Wildman–Crippen LogP) is 3.51. The molecule has 2 N–H and O–H groups in total. The maximum absolute atomic E-state index is 13.6. The molecule has 0 aliphatic carbocycles. The number of guanidine groups is 1. The predicted molar refractivity (Wildman–Crippen MR) is 110 cm³/mol. The largest absolute Gasteiger partial charge is 0.378 e. The molecule has 0 amide bonds. The van der Waals surface area contributed by atoms with E-state index in [1.807, 2.05) is 43.3 Å². The third-order valence-electron chi connectivity index (χ3n) is 3.59. The van der Waals surface area contributed by atoms with Crippen molar-refractivity contribution in [2.75, 3.05) is 26.0 Å². The van der Waals surface area contributed by atoms with Crippen molar-refractivity contribution in [1.29, 1.82) is 0 Å². The summed E-state index contributed by atoms with van der Waals surface area (Å²) in [6.07, 6.45) is 0. The van der Waals surface area contributed by atoms with E-state index in [-0.39, 0.29) is 36.1 Å². The first-order valence-corrected chi connectivity index (χ1v) is 7.64. The number of rotatable bonds is 5. The van der Waals surface area contributed by atoms with Gasteiger partial charge in [-0.05, 0) is 35.9 Å². The maximum Gasteiger partial charge on any atom is 0.191 e. The Labute approximate surface area is 164 Å². The average Bonchev–Trinajstić information content (AvgIpc) is 2.58. The van der Waals surface area contributed by atoms with Gasteiger partial charge in [-0.2, -0.15) is 0 Å². The van der Waals surface area contributed by atoms with E-state index in [9.17, 15) is 8.78 Å². The molecule has 0 radical (unpaired) electrons. The summed E-state index contributed by atoms with van der Waals surface area (Å²) in [5, 5.41) is 6.13. The Morgan fingerprint density at radius 2 is 1.64 bits per heavy atom. The Morgan fingerprint density at radius 1 is 1.00 bits per heavy atom. The van der Waals surface area contributed by atoms with Crippen LogP contribution in [-0.2, 0) is 13.1 Å². The van der Waals surface area contributed by atoms with Crippen molar-refractivity contribution in [2.24, 2.45) is 4.99 Å². The molecule has 0 aliphatic rings. The van der Waals surface area contributed by atoms with Crippen LogP contribution in [0.3, 0.4) is 0 Å². The Balaban J connectivity index is 0.00000312. The van der Waals surface area contributed by atoms with E-state index >= 15 is 0 Å². The van der Waals surface area contributed by atoms with Gasteiger partial charge in [-0.25, -0.2) is 8.78 Å². The van der Waals surface area contributed by atoms with Crippen LogP contribution in [0.5, 0.6) is 0 Å². The lowest BCUT2D eigenvalue weighted by molar-refractivity contribution is 0.581. The summed E-state index contributed by atoms with van der Waals surface area (Å²) in [5.41, 5.74) is 2.48. The van der Waals surface area contributed by atoms with E-state index in [4.69, 9.17) is 0 Å². The van der Waals surface area contributed by atoms with E-state index in [0.29, 0.717) is 12.5 Å². The molecule has 0 atom stereocenters. The molecule has 2 aromatic carbocycles. The van der Waals surface area contributed by atoms with Crippen LogP contribution in [-0.4, -0.2) is 27.1 Å². The van der Waals surface area contributed by atoms with Crippen LogP contribution in [0, 0.1) is 11.6 Å². The van der Waals surface area contributed by atoms with Crippen LogP contribution < -0.4 is 15.5 Å². The zero-order chi connectivity index (χ0) is 17.5. The van der Waals surface area contributed by atoms with Crippen molar-refractivity contribution in [2.45, 2.75) is 13.1 Å². The lowest BCUT2D eigenvalue weighted by Gasteiger charge is -2.14. The van der Waals surface area contributed by atoms with Crippen LogP contribution in [0.15, 0.2) is 47.5 Å². The normalized spacial score (nSPS) is 10.8. The number of halogens is 3. The number of benzene rings is 2. The summed E-state index contributed by atoms with van der Waals surface area (Å²) in [6, 6.07) is 11.5. The van der Waals surface area contributed by atoms with Gasteiger partial charge in [-0.15, -0.1) is 24.0 Å². The molecule has 4 nitrogen and oxygen atoms in total. The van der Waals surface area contributed by atoms with Crippen molar-refractivity contribution >= 4 is 35.6 Å². The molecule has 0 saturated carbocycles. The second-order valence-electron chi connectivity index (χ2n) is 5.58. The fourth-order valence-electron chi connectivity index (χ4n) is 2.18. The number of hydrogen-bond acceptors (Lipinski definition) is 2. The minimum atomic E-state index is -0.461. The van der Waals surface area contributed by atoms with Crippen LogP contribution in [0.2, 0.25) is 0 Å². The first-order chi connectivity index (χ1) is 11.5. The highest BCUT2D eigenvalue weighted by Gasteiger charge is 2.05. The molecule has 136 valence electrons. The van der Waals surface area contributed by atoms with Crippen LogP contribution >= 0.6 is 24.0 Å². The Hall–Kier alpha value is -1.90. The molecule has 0 bridgehead atoms. The van der Waals surface area contributed by atoms with Crippen molar-refractivity contribution in [1.82, 2.24) is 10.6 Å². The topological polar surface area (TPSA) is 39.7 Å². The molecular weight excluding hydrogens is 437 g/mol. The first-order valence-electron chi connectivity index (χ1n) is 7.64. The molecule has 0 aromatic heterocycles. The van der Waals surface area contributed by atoms with Crippen LogP contribution in [0.25, 0.3) is 0 Å². The van der Waals surface area contributed by atoms with E-state index < -0.39 is 11.6 Å². The van der Waals surface area contributed by atoms with Crippen LogP contribution in [0.1, 0.15) is 11.1 Å². The molecule has 0 heterocycles. The molecule has 0 spiro atoms. The van der Waals surface area contributed by atoms with Gasteiger partial charge in [0.15, 0.2) is 5.96 Å². The third-order valence-corrected chi connectivity index (χ3v) is 3.59. The molecule has 0 saturated heterocycles. The van der Waals surface area contributed by atoms with Gasteiger partial charge in [-0.1, -0.05) is 12.1 Å². The molecule has 0 unspecified atom stereocenters. The maximum atomic E-state index is 13.6. The zero-order valence-electron chi connectivity index (χ0n) is 14.5. The fourth-order valence-corrected chi connectivity index (χ4v) is 2.18. The van der Waals surface area contributed by atoms with E-state index in [1.54, 1.807) is 7.05 Å². The van der Waals surface area contributed by atoms with Gasteiger partial charge in [0.25, 0.3) is 0 Å². The summed E-state index contributed by atoms with van der Waals surface area (Å²) in [7, 11) is 5.61. The van der Waals surface area contributed by atoms with Gasteiger partial charge in [0.1, 0.15) is 11.6 Å². The molecule has 2 aromatic rings. The van der Waals surface area contributed by atoms with Crippen molar-refractivity contribution in [3.8, 4) is 0 Å². The lowest BCUT2D eigenvalue weighted by Crippen LogP contribution is -2.36. The first kappa shape index (κ1) is 21.1. The highest BCUT2D eigenvalue weighted by molar-refractivity contribution is 14.0. The average molecular weight is 460 g/mol. The fraction of sp³-hybridized carbons (Fsp3) is 0.278. The SMILES string of the molecule is CN=C(NCc1ccc(N(C)C)cc1)NCc1cc(F)ccc1F.I. The van der Waals surface area contributed by atoms with E-state index in [1.165, 1.54) is 6.07 Å². The van der Waals surface area contributed by atoms with Gasteiger partial charge in [0, 0.05) is 45.5 Å². The standard InChI is InChI=1S/C18H22F2N4.HI/c1-21-18(23-12-14-10-15(19)6-9-17(14)20)22-11-13-4-7-16(8-5-13)24(2)3;/h4-10H,11-12H2,1-3H3,(H2,21,22,23);1H. The van der Waals surface area contributed by atoms with Crippen molar-refractivity contribution < 1.29 is 8.78 Å². The Bertz CT molecular complexity index is 703. The van der Waals surface area contributed by atoms with Gasteiger partial charge in [-0.3, -0.25) is 4.99 Å². The molecule has 7 heteroatoms. The van der Waals surface area contributed by atoms with Gasteiger partial charge < -0.3 is 15.5 Å². The summed E-state index contributed by atoms with van der Waals surface area (Å²) in [4.78, 5) is 6.12. The summed E-state index contributed by atoms with van der Waals surface area (Å²) in [6.45, 7) is 0.738. The second-order valence-corrected chi connectivity index (χ2v) is 5.58. The lowest BCUT2D eigenvalue weighted by atomic mass is 10.2. The smallest absolute Gasteiger partial charge is 0.191 e. The number of anilines is 1. The summed E-state index contributed by atoms with van der Waals surface area (Å²) >= 11 is 0. The van der Waals surface area contributed by atoms with E-state index in [0.717, 1.165) is 23.4 Å². The number of aliphatic imine (C=N–C) groups is 1.